The largest absolute Gasteiger partial charge is 0.392 e. The topological polar surface area (TPSA) is 29.3 Å². The summed E-state index contributed by atoms with van der Waals surface area (Å²) in [6.45, 7) is 9.65. The fourth-order valence-corrected chi connectivity index (χ4v) is 1.43. The van der Waals surface area contributed by atoms with Gasteiger partial charge in [0.25, 0.3) is 0 Å². The molecule has 78 valence electrons. The summed E-state index contributed by atoms with van der Waals surface area (Å²) < 4.78 is 0. The first kappa shape index (κ1) is 12.8. The molecule has 13 heavy (non-hydrogen) atoms. The van der Waals surface area contributed by atoms with Gasteiger partial charge >= 0.3 is 0 Å². The molecule has 0 radical (unpaired) electrons. The highest BCUT2D eigenvalue weighted by Gasteiger charge is 2.05. The molecule has 0 rings (SSSR count). The summed E-state index contributed by atoms with van der Waals surface area (Å²) in [5, 5.41) is 0. The van der Waals surface area contributed by atoms with Crippen LogP contribution in [0.15, 0.2) is 0 Å². The van der Waals surface area contributed by atoms with Crippen LogP contribution in [0.5, 0.6) is 0 Å². The Kier molecular flexibility index (Phi) is 7.19. The highest BCUT2D eigenvalue weighted by atomic mass is 32.1. The lowest BCUT2D eigenvalue weighted by molar-refractivity contribution is 0.291. The zero-order chi connectivity index (χ0) is 10.3. The molecule has 0 fully saturated rings. The number of nitrogens with two attached hydrogens (primary N) is 1. The van der Waals surface area contributed by atoms with Crippen LogP contribution in [0.1, 0.15) is 33.6 Å². The number of rotatable bonds is 7. The maximum absolute atomic E-state index is 5.52. The van der Waals surface area contributed by atoms with Gasteiger partial charge in [0.15, 0.2) is 0 Å². The molecule has 0 aromatic heterocycles. The summed E-state index contributed by atoms with van der Waals surface area (Å²) in [6.07, 6.45) is 2.39. The molecule has 0 heterocycles. The maximum Gasteiger partial charge on any atom is 0.0870 e. The molecule has 0 bridgehead atoms. The molecule has 0 aliphatic rings. The minimum absolute atomic E-state index is 0.609. The van der Waals surface area contributed by atoms with Crippen molar-refractivity contribution in [2.45, 2.75) is 33.6 Å². The lowest BCUT2D eigenvalue weighted by atomic mass is 10.1. The molecule has 0 aliphatic carbocycles. The third kappa shape index (κ3) is 8.19. The molecule has 0 aromatic carbocycles. The van der Waals surface area contributed by atoms with E-state index in [1.807, 2.05) is 0 Å². The van der Waals surface area contributed by atoms with Crippen LogP contribution in [0, 0.1) is 5.92 Å². The van der Waals surface area contributed by atoms with Crippen molar-refractivity contribution in [1.82, 2.24) is 4.90 Å². The van der Waals surface area contributed by atoms with E-state index in [-0.39, 0.29) is 0 Å². The molecular weight excluding hydrogens is 180 g/mol. The molecular formula is C10H22N2S. The first-order chi connectivity index (χ1) is 6.06. The minimum atomic E-state index is 0.609. The summed E-state index contributed by atoms with van der Waals surface area (Å²) in [5.74, 6) is 0.755. The number of thiocarbonyl (C=S) groups is 1. The van der Waals surface area contributed by atoms with E-state index in [0.717, 1.165) is 25.6 Å². The average Bonchev–Trinajstić information content (AvgIpc) is 1.99. The number of nitrogens with zero attached hydrogens (tertiary/aromatic N) is 1. The Morgan fingerprint density at radius 1 is 1.38 bits per heavy atom. The van der Waals surface area contributed by atoms with Crippen LogP contribution >= 0.6 is 12.2 Å². The van der Waals surface area contributed by atoms with Crippen molar-refractivity contribution in [2.24, 2.45) is 11.7 Å². The Morgan fingerprint density at radius 2 is 2.00 bits per heavy atom. The number of hydrogen-bond acceptors (Lipinski definition) is 2. The average molecular weight is 202 g/mol. The second kappa shape index (κ2) is 7.27. The van der Waals surface area contributed by atoms with E-state index in [1.165, 1.54) is 12.8 Å². The van der Waals surface area contributed by atoms with Crippen LogP contribution < -0.4 is 5.73 Å². The van der Waals surface area contributed by atoms with Gasteiger partial charge in [-0.1, -0.05) is 33.0 Å². The monoisotopic (exact) mass is 202 g/mol. The molecule has 0 atom stereocenters. The predicted octanol–water partition coefficient (Wildman–Crippen LogP) is 2.03. The van der Waals surface area contributed by atoms with Crippen LogP contribution in [0.4, 0.5) is 0 Å². The molecule has 0 unspecified atom stereocenters. The van der Waals surface area contributed by atoms with Crippen molar-refractivity contribution in [3.05, 3.63) is 0 Å². The van der Waals surface area contributed by atoms with Crippen LogP contribution in [-0.2, 0) is 0 Å². The molecule has 0 saturated carbocycles. The zero-order valence-electron chi connectivity index (χ0n) is 9.05. The van der Waals surface area contributed by atoms with Gasteiger partial charge in [0.05, 0.1) is 4.99 Å². The fraction of sp³-hybridized carbons (Fsp3) is 0.900. The lowest BCUT2D eigenvalue weighted by Crippen LogP contribution is -2.34. The third-order valence-electron chi connectivity index (χ3n) is 1.94. The molecule has 0 aromatic rings. The summed E-state index contributed by atoms with van der Waals surface area (Å²) >= 11 is 4.90. The second-order valence-electron chi connectivity index (χ2n) is 3.92. The second-order valence-corrected chi connectivity index (χ2v) is 4.45. The third-order valence-corrected chi connectivity index (χ3v) is 2.07. The van der Waals surface area contributed by atoms with Gasteiger partial charge < -0.3 is 5.73 Å². The normalized spacial score (nSPS) is 11.2. The van der Waals surface area contributed by atoms with Crippen LogP contribution in [0.25, 0.3) is 0 Å². The van der Waals surface area contributed by atoms with Crippen molar-refractivity contribution >= 4 is 17.2 Å². The van der Waals surface area contributed by atoms with Gasteiger partial charge in [-0.2, -0.15) is 0 Å². The minimum Gasteiger partial charge on any atom is -0.392 e. The lowest BCUT2D eigenvalue weighted by Gasteiger charge is -2.21. The zero-order valence-corrected chi connectivity index (χ0v) is 9.86. The number of hydrogen-bond donors (Lipinski definition) is 1. The van der Waals surface area contributed by atoms with Gasteiger partial charge in [-0.15, -0.1) is 0 Å². The molecule has 0 amide bonds. The molecule has 0 saturated heterocycles. The van der Waals surface area contributed by atoms with E-state index in [1.54, 1.807) is 0 Å². The Bertz CT molecular complexity index is 146. The van der Waals surface area contributed by atoms with E-state index < -0.39 is 0 Å². The van der Waals surface area contributed by atoms with Crippen molar-refractivity contribution in [2.75, 3.05) is 19.6 Å². The van der Waals surface area contributed by atoms with E-state index in [0.29, 0.717) is 4.99 Å². The van der Waals surface area contributed by atoms with E-state index >= 15 is 0 Å². The van der Waals surface area contributed by atoms with Crippen LogP contribution in [0.2, 0.25) is 0 Å². The van der Waals surface area contributed by atoms with Crippen LogP contribution in [-0.4, -0.2) is 29.5 Å². The van der Waals surface area contributed by atoms with Gasteiger partial charge in [0.1, 0.15) is 0 Å². The highest BCUT2D eigenvalue weighted by molar-refractivity contribution is 7.80. The smallest absolute Gasteiger partial charge is 0.0870 e. The Morgan fingerprint density at radius 3 is 2.38 bits per heavy atom. The quantitative estimate of drug-likeness (QED) is 0.641. The first-order valence-corrected chi connectivity index (χ1v) is 5.47. The summed E-state index contributed by atoms with van der Waals surface area (Å²) in [5.41, 5.74) is 5.52. The summed E-state index contributed by atoms with van der Waals surface area (Å²) in [6, 6.07) is 0. The van der Waals surface area contributed by atoms with E-state index in [2.05, 4.69) is 25.7 Å². The van der Waals surface area contributed by atoms with Gasteiger partial charge in [-0.25, -0.2) is 0 Å². The van der Waals surface area contributed by atoms with Crippen molar-refractivity contribution in [3.8, 4) is 0 Å². The Labute approximate surface area is 87.5 Å². The van der Waals surface area contributed by atoms with Gasteiger partial charge in [-0.3, -0.25) is 4.90 Å². The highest BCUT2D eigenvalue weighted by Crippen LogP contribution is 2.02. The van der Waals surface area contributed by atoms with Crippen molar-refractivity contribution < 1.29 is 0 Å². The fourth-order valence-electron chi connectivity index (χ4n) is 1.25. The summed E-state index contributed by atoms with van der Waals surface area (Å²) in [7, 11) is 0. The molecule has 3 heteroatoms. The van der Waals surface area contributed by atoms with E-state index in [9.17, 15) is 0 Å². The maximum atomic E-state index is 5.52. The predicted molar refractivity (Wildman–Crippen MR) is 63.0 cm³/mol. The van der Waals surface area contributed by atoms with Crippen LogP contribution in [0.3, 0.4) is 0 Å². The Balaban J connectivity index is 3.72. The molecule has 2 N–H and O–H groups in total. The molecule has 0 aliphatic heterocycles. The SMILES string of the molecule is CCCN(CCC(C)C)CC(N)=S. The van der Waals surface area contributed by atoms with Gasteiger partial charge in [0, 0.05) is 6.54 Å². The van der Waals surface area contributed by atoms with Crippen molar-refractivity contribution in [1.29, 1.82) is 0 Å². The van der Waals surface area contributed by atoms with Gasteiger partial charge in [-0.05, 0) is 31.8 Å². The molecule has 0 spiro atoms. The van der Waals surface area contributed by atoms with Crippen molar-refractivity contribution in [3.63, 3.8) is 0 Å². The Hall–Kier alpha value is -0.150. The van der Waals surface area contributed by atoms with E-state index in [4.69, 9.17) is 18.0 Å². The first-order valence-electron chi connectivity index (χ1n) is 5.07. The summed E-state index contributed by atoms with van der Waals surface area (Å²) in [4.78, 5) is 2.94. The molecule has 2 nitrogen and oxygen atoms in total. The van der Waals surface area contributed by atoms with Gasteiger partial charge in [0.2, 0.25) is 0 Å². The standard InChI is InChI=1S/C10H22N2S/c1-4-6-12(8-10(11)13)7-5-9(2)3/h9H,4-8H2,1-3H3,(H2,11,13).